The second kappa shape index (κ2) is 15.0. The van der Waals surface area contributed by atoms with Gasteiger partial charge < -0.3 is 20.5 Å². The number of pyridine rings is 1. The molecule has 0 aromatic carbocycles. The molecule has 41 heavy (non-hydrogen) atoms. The van der Waals surface area contributed by atoms with Crippen LogP contribution in [0.2, 0.25) is 0 Å². The fourth-order valence-corrected chi connectivity index (χ4v) is 4.31. The maximum absolute atomic E-state index is 13.6. The molecule has 1 aromatic rings. The van der Waals surface area contributed by atoms with Crippen molar-refractivity contribution >= 4 is 11.9 Å². The van der Waals surface area contributed by atoms with Crippen molar-refractivity contribution < 1.29 is 50.2 Å². The summed E-state index contributed by atoms with van der Waals surface area (Å²) in [7, 11) is 0. The van der Waals surface area contributed by atoms with Crippen LogP contribution < -0.4 is 10.5 Å². The highest BCUT2D eigenvalue weighted by Crippen LogP contribution is 2.44. The number of ether oxygens (including phenoxy) is 1. The number of hydrogen-bond acceptors (Lipinski definition) is 5. The van der Waals surface area contributed by atoms with Crippen LogP contribution in [-0.2, 0) is 4.79 Å². The predicted octanol–water partition coefficient (Wildman–Crippen LogP) is 6.56. The van der Waals surface area contributed by atoms with Crippen LogP contribution in [0.4, 0.5) is 30.7 Å². The Balaban J connectivity index is 0.000000454. The van der Waals surface area contributed by atoms with Crippen LogP contribution >= 0.6 is 0 Å². The van der Waals surface area contributed by atoms with Crippen LogP contribution in [0.25, 0.3) is 0 Å². The van der Waals surface area contributed by atoms with E-state index < -0.39 is 67.1 Å². The monoisotopic (exact) mass is 601 g/mol. The van der Waals surface area contributed by atoms with Gasteiger partial charge in [-0.15, -0.1) is 0 Å². The first-order valence-corrected chi connectivity index (χ1v) is 13.8. The minimum absolute atomic E-state index is 0.200. The van der Waals surface area contributed by atoms with Crippen molar-refractivity contribution in [3.8, 4) is 5.88 Å². The number of amides is 1. The summed E-state index contributed by atoms with van der Waals surface area (Å²) in [4.78, 5) is 27.8. The number of aliphatic carboxylic acids is 1. The lowest BCUT2D eigenvalue weighted by atomic mass is 10.1. The molecule has 1 amide bonds. The maximum Gasteiger partial charge on any atom is 0.456 e. The summed E-state index contributed by atoms with van der Waals surface area (Å²) in [6.45, 7) is -0.152. The number of carboxylic acid groups (broad SMARTS) is 1. The molecule has 3 rings (SSSR count). The van der Waals surface area contributed by atoms with Gasteiger partial charge in [0, 0.05) is 12.0 Å². The summed E-state index contributed by atoms with van der Waals surface area (Å²) in [6.07, 6.45) is 5.20. The van der Waals surface area contributed by atoms with Crippen molar-refractivity contribution in [2.45, 2.75) is 108 Å². The fraction of sp³-hybridized carbons (Fsp3) is 0.741. The predicted molar refractivity (Wildman–Crippen MR) is 136 cm³/mol. The van der Waals surface area contributed by atoms with Crippen molar-refractivity contribution in [1.29, 1.82) is 0 Å². The summed E-state index contributed by atoms with van der Waals surface area (Å²) in [5.41, 5.74) is 4.99. The quantitative estimate of drug-likeness (QED) is 0.185. The van der Waals surface area contributed by atoms with Gasteiger partial charge in [0.05, 0.1) is 6.54 Å². The van der Waals surface area contributed by atoms with Crippen LogP contribution in [0.15, 0.2) is 12.1 Å². The van der Waals surface area contributed by atoms with E-state index in [-0.39, 0.29) is 11.5 Å². The molecule has 2 fully saturated rings. The lowest BCUT2D eigenvalue weighted by molar-refractivity contribution is -0.290. The summed E-state index contributed by atoms with van der Waals surface area (Å²) >= 11 is 0. The number of carboxylic acids is 1. The van der Waals surface area contributed by atoms with Crippen molar-refractivity contribution in [1.82, 2.24) is 9.88 Å². The average Bonchev–Trinajstić information content (AvgIpc) is 3.68. The molecule has 3 N–H and O–H groups in total. The van der Waals surface area contributed by atoms with Gasteiger partial charge in [-0.1, -0.05) is 57.9 Å². The zero-order chi connectivity index (χ0) is 30.8. The van der Waals surface area contributed by atoms with Crippen molar-refractivity contribution in [3.05, 3.63) is 23.4 Å². The Bertz CT molecular complexity index is 996. The van der Waals surface area contributed by atoms with Crippen LogP contribution in [0.1, 0.15) is 99.5 Å². The lowest BCUT2D eigenvalue weighted by Gasteiger charge is -2.22. The Hall–Kier alpha value is -2.64. The number of carbonyl (C=O) groups excluding carboxylic acids is 1. The molecule has 7 nitrogen and oxygen atoms in total. The number of likely N-dealkylation sites (tertiary alicyclic amines) is 1. The minimum atomic E-state index is -5.87. The molecular weight excluding hydrogens is 563 g/mol. The Labute approximate surface area is 234 Å². The molecule has 1 aliphatic heterocycles. The number of carbonyl (C=O) groups is 2. The first-order chi connectivity index (χ1) is 19.1. The number of aromatic nitrogens is 1. The molecule has 2 heterocycles. The molecule has 0 spiro atoms. The fourth-order valence-electron chi connectivity index (χ4n) is 4.31. The maximum atomic E-state index is 13.6. The second-order valence-corrected chi connectivity index (χ2v) is 10.5. The zero-order valence-corrected chi connectivity index (χ0v) is 23.0. The molecule has 1 saturated carbocycles. The van der Waals surface area contributed by atoms with Gasteiger partial charge in [0.1, 0.15) is 11.7 Å². The highest BCUT2D eigenvalue weighted by Gasteiger charge is 2.58. The summed E-state index contributed by atoms with van der Waals surface area (Å²) < 4.78 is 95.3. The number of unbranched alkanes of at least 4 members (excludes halogenated alkanes) is 7. The van der Waals surface area contributed by atoms with E-state index in [1.807, 2.05) is 0 Å². The molecule has 0 radical (unpaired) electrons. The smallest absolute Gasteiger partial charge is 0.456 e. The van der Waals surface area contributed by atoms with Gasteiger partial charge in [0.15, 0.2) is 6.61 Å². The summed E-state index contributed by atoms with van der Waals surface area (Å²) in [5, 5.41) is 9.08. The normalized spacial score (nSPS) is 18.6. The Morgan fingerprint density at radius 1 is 1.05 bits per heavy atom. The standard InChI is InChI=1S/C17H15F7N2O4.C10H23N/c18-15(19)5-11(14(28)29)26(6-15)13(27)10-4-3-9(8-1-2-8)12(25-10)30-7-16(20,21)17(22,23)24;1-2-3-4-5-6-7-8-9-10-11/h3-4,8,11H,1-2,5-7H2,(H,28,29);2-11H2,1H3/t11-;/m1./s1. The molecule has 234 valence electrons. The van der Waals surface area contributed by atoms with Crippen LogP contribution in [0, 0.1) is 0 Å². The molecule has 1 aliphatic carbocycles. The van der Waals surface area contributed by atoms with E-state index in [0.29, 0.717) is 17.7 Å². The number of nitrogens with zero attached hydrogens (tertiary/aromatic N) is 2. The first-order valence-electron chi connectivity index (χ1n) is 13.8. The Morgan fingerprint density at radius 2 is 1.63 bits per heavy atom. The molecule has 1 aromatic heterocycles. The lowest BCUT2D eigenvalue weighted by Crippen LogP contribution is -2.42. The summed E-state index contributed by atoms with van der Waals surface area (Å²) in [6, 6.07) is 0.458. The minimum Gasteiger partial charge on any atom is -0.480 e. The average molecular weight is 602 g/mol. The van der Waals surface area contributed by atoms with E-state index in [1.165, 1.54) is 57.4 Å². The number of halogens is 7. The van der Waals surface area contributed by atoms with Gasteiger partial charge in [-0.3, -0.25) is 4.79 Å². The van der Waals surface area contributed by atoms with Crippen LogP contribution in [0.3, 0.4) is 0 Å². The number of nitrogens with two attached hydrogens (primary N) is 1. The molecular formula is C27H38F7N3O4. The SMILES string of the molecule is CCCCCCCCCCN.O=C(O)[C@H]1CC(F)(F)CN1C(=O)c1ccc(C2CC2)c(OCC(F)(F)C(F)(F)F)n1. The van der Waals surface area contributed by atoms with E-state index >= 15 is 0 Å². The molecule has 0 bridgehead atoms. The van der Waals surface area contributed by atoms with E-state index in [9.17, 15) is 40.3 Å². The Morgan fingerprint density at radius 3 is 2.15 bits per heavy atom. The van der Waals surface area contributed by atoms with Gasteiger partial charge in [-0.2, -0.15) is 22.0 Å². The Kier molecular flexibility index (Phi) is 12.7. The van der Waals surface area contributed by atoms with E-state index in [4.69, 9.17) is 10.8 Å². The van der Waals surface area contributed by atoms with E-state index in [0.717, 1.165) is 12.6 Å². The van der Waals surface area contributed by atoms with Crippen molar-refractivity contribution in [3.63, 3.8) is 0 Å². The van der Waals surface area contributed by atoms with Crippen LogP contribution in [-0.4, -0.2) is 70.6 Å². The largest absolute Gasteiger partial charge is 0.480 e. The van der Waals surface area contributed by atoms with E-state index in [2.05, 4.69) is 16.6 Å². The van der Waals surface area contributed by atoms with Gasteiger partial charge in [-0.25, -0.2) is 18.6 Å². The molecule has 0 unspecified atom stereocenters. The third kappa shape index (κ3) is 10.6. The van der Waals surface area contributed by atoms with Gasteiger partial charge >= 0.3 is 18.1 Å². The third-order valence-electron chi connectivity index (χ3n) is 6.80. The van der Waals surface area contributed by atoms with Crippen LogP contribution in [0.5, 0.6) is 5.88 Å². The van der Waals surface area contributed by atoms with Crippen molar-refractivity contribution in [2.75, 3.05) is 19.7 Å². The number of rotatable bonds is 14. The molecule has 1 saturated heterocycles. The highest BCUT2D eigenvalue weighted by molar-refractivity contribution is 5.95. The topological polar surface area (TPSA) is 106 Å². The van der Waals surface area contributed by atoms with Gasteiger partial charge in [0.25, 0.3) is 11.8 Å². The zero-order valence-electron chi connectivity index (χ0n) is 23.0. The van der Waals surface area contributed by atoms with Gasteiger partial charge in [0.2, 0.25) is 5.88 Å². The van der Waals surface area contributed by atoms with E-state index in [1.54, 1.807) is 0 Å². The number of hydrogen-bond donors (Lipinski definition) is 2. The molecule has 2 aliphatic rings. The highest BCUT2D eigenvalue weighted by atomic mass is 19.4. The summed E-state index contributed by atoms with van der Waals surface area (Å²) in [5.74, 6) is -12.4. The number of alkyl halides is 7. The van der Waals surface area contributed by atoms with Crippen molar-refractivity contribution in [2.24, 2.45) is 5.73 Å². The first kappa shape index (κ1) is 34.6. The second-order valence-electron chi connectivity index (χ2n) is 10.5. The van der Waals surface area contributed by atoms with Gasteiger partial charge in [-0.05, 0) is 37.8 Å². The molecule has 1 atom stereocenters. The molecule has 14 heteroatoms. The third-order valence-corrected chi connectivity index (χ3v) is 6.80.